The van der Waals surface area contributed by atoms with Gasteiger partial charge in [-0.2, -0.15) is 0 Å². The number of methoxy groups -OCH3 is 1. The van der Waals surface area contributed by atoms with Gasteiger partial charge in [0.1, 0.15) is 11.6 Å². The smallest absolute Gasteiger partial charge is 0.126 e. The number of rotatable bonds is 9. The summed E-state index contributed by atoms with van der Waals surface area (Å²) in [5, 5.41) is 0.525. The molecule has 33 heavy (non-hydrogen) atoms. The summed E-state index contributed by atoms with van der Waals surface area (Å²) >= 11 is 11.1. The number of ether oxygens (including phenoxy) is 1. The monoisotopic (exact) mass is 484 g/mol. The second-order valence-corrected chi connectivity index (χ2v) is 9.64. The summed E-state index contributed by atoms with van der Waals surface area (Å²) in [6.07, 6.45) is 10.7. The Hall–Kier alpha value is -2.42. The van der Waals surface area contributed by atoms with Crippen molar-refractivity contribution in [3.8, 4) is 18.1 Å². The van der Waals surface area contributed by atoms with Crippen LogP contribution in [0.25, 0.3) is 5.70 Å². The standard InChI is InChI=1S/C27H30ClFN2OS/c1-6-11-31(25(13-20-8-9-20)21-10-7-17(2)24(29)14-21)16-30-27(19(4)33)22-12-18(3)26(32-5)15-23(22)28/h1,7,10,12,14-16,20,25,33H,8-9,11,13H2,2-5H3/b27-19-,30-16?/t25-/m0/s1. The van der Waals surface area contributed by atoms with Crippen molar-refractivity contribution in [1.29, 1.82) is 0 Å². The molecule has 1 atom stereocenters. The topological polar surface area (TPSA) is 24.8 Å². The average Bonchev–Trinajstić information content (AvgIpc) is 3.59. The molecular formula is C27H30ClFN2OS. The predicted molar refractivity (Wildman–Crippen MR) is 140 cm³/mol. The molecule has 0 saturated heterocycles. The van der Waals surface area contributed by atoms with E-state index < -0.39 is 0 Å². The molecule has 0 unspecified atom stereocenters. The van der Waals surface area contributed by atoms with E-state index >= 15 is 0 Å². The lowest BCUT2D eigenvalue weighted by molar-refractivity contribution is 0.325. The Bertz CT molecular complexity index is 1110. The third kappa shape index (κ3) is 6.34. The van der Waals surface area contributed by atoms with Crippen molar-refractivity contribution in [2.45, 2.75) is 46.1 Å². The molecular weight excluding hydrogens is 455 g/mol. The van der Waals surface area contributed by atoms with Crippen molar-refractivity contribution in [2.75, 3.05) is 13.7 Å². The Labute approximate surface area is 207 Å². The molecule has 3 nitrogen and oxygen atoms in total. The van der Waals surface area contributed by atoms with Crippen molar-refractivity contribution in [1.82, 2.24) is 4.90 Å². The predicted octanol–water partition coefficient (Wildman–Crippen LogP) is 7.23. The highest BCUT2D eigenvalue weighted by molar-refractivity contribution is 7.84. The van der Waals surface area contributed by atoms with Gasteiger partial charge in [-0.25, -0.2) is 9.38 Å². The summed E-state index contributed by atoms with van der Waals surface area (Å²) in [4.78, 5) is 7.50. The number of terminal acetylenes is 1. The zero-order valence-electron chi connectivity index (χ0n) is 19.5. The summed E-state index contributed by atoms with van der Waals surface area (Å²) < 4.78 is 19.8. The van der Waals surface area contributed by atoms with Crippen LogP contribution < -0.4 is 4.74 Å². The Morgan fingerprint density at radius 3 is 2.64 bits per heavy atom. The zero-order chi connectivity index (χ0) is 24.1. The number of hydrogen-bond donors (Lipinski definition) is 1. The summed E-state index contributed by atoms with van der Waals surface area (Å²) in [6.45, 7) is 5.94. The summed E-state index contributed by atoms with van der Waals surface area (Å²) in [5.74, 6) is 3.85. The van der Waals surface area contributed by atoms with Crippen LogP contribution in [0.2, 0.25) is 5.02 Å². The Kier molecular flexibility index (Phi) is 8.51. The van der Waals surface area contributed by atoms with Crippen LogP contribution in [0, 0.1) is 37.9 Å². The molecule has 0 aliphatic heterocycles. The third-order valence-electron chi connectivity index (χ3n) is 5.93. The highest BCUT2D eigenvalue weighted by Gasteiger charge is 2.29. The summed E-state index contributed by atoms with van der Waals surface area (Å²) in [7, 11) is 1.61. The molecule has 0 amide bonds. The first-order valence-electron chi connectivity index (χ1n) is 11.0. The van der Waals surface area contributed by atoms with Crippen LogP contribution in [0.4, 0.5) is 4.39 Å². The molecule has 3 rings (SSSR count). The van der Waals surface area contributed by atoms with Gasteiger partial charge in [0.15, 0.2) is 0 Å². The number of hydrogen-bond acceptors (Lipinski definition) is 3. The number of aryl methyl sites for hydroxylation is 2. The maximum Gasteiger partial charge on any atom is 0.126 e. The quantitative estimate of drug-likeness (QED) is 0.176. The van der Waals surface area contributed by atoms with Crippen molar-refractivity contribution >= 4 is 36.3 Å². The molecule has 1 aliphatic carbocycles. The Morgan fingerprint density at radius 2 is 2.06 bits per heavy atom. The minimum atomic E-state index is -0.210. The third-order valence-corrected chi connectivity index (χ3v) is 6.45. The van der Waals surface area contributed by atoms with E-state index in [1.165, 1.54) is 12.8 Å². The van der Waals surface area contributed by atoms with E-state index in [2.05, 4.69) is 18.5 Å². The van der Waals surface area contributed by atoms with Gasteiger partial charge in [-0.05, 0) is 68.0 Å². The van der Waals surface area contributed by atoms with Crippen LogP contribution >= 0.6 is 24.2 Å². The fraction of sp³-hybridized carbons (Fsp3) is 0.370. The lowest BCUT2D eigenvalue weighted by Crippen LogP contribution is -2.28. The van der Waals surface area contributed by atoms with Gasteiger partial charge in [-0.15, -0.1) is 19.1 Å². The SMILES string of the molecule is C#CCN(C=N/C(=C(/C)S)c1cc(C)c(OC)cc1Cl)[C@@H](CC1CC1)c1ccc(C)c(F)c1. The van der Waals surface area contributed by atoms with Gasteiger partial charge in [0.05, 0.1) is 36.8 Å². The van der Waals surface area contributed by atoms with Crippen LogP contribution in [-0.4, -0.2) is 24.9 Å². The molecule has 0 N–H and O–H groups in total. The minimum absolute atomic E-state index is 0.0676. The molecule has 2 aromatic carbocycles. The fourth-order valence-corrected chi connectivity index (χ4v) is 4.26. The van der Waals surface area contributed by atoms with Crippen LogP contribution in [0.15, 0.2) is 40.2 Å². The highest BCUT2D eigenvalue weighted by Crippen LogP contribution is 2.40. The fourth-order valence-electron chi connectivity index (χ4n) is 3.84. The molecule has 174 valence electrons. The average molecular weight is 485 g/mol. The van der Waals surface area contributed by atoms with Gasteiger partial charge in [0.2, 0.25) is 0 Å². The van der Waals surface area contributed by atoms with E-state index in [-0.39, 0.29) is 11.9 Å². The van der Waals surface area contributed by atoms with Gasteiger partial charge < -0.3 is 9.64 Å². The van der Waals surface area contributed by atoms with Gasteiger partial charge in [0, 0.05) is 10.5 Å². The molecule has 2 aromatic rings. The van der Waals surface area contributed by atoms with Gasteiger partial charge in [-0.1, -0.05) is 42.5 Å². The van der Waals surface area contributed by atoms with Crippen molar-refractivity contribution < 1.29 is 9.13 Å². The number of thiol groups is 1. The van der Waals surface area contributed by atoms with E-state index in [9.17, 15) is 4.39 Å². The van der Waals surface area contributed by atoms with E-state index in [0.29, 0.717) is 34.5 Å². The normalized spacial score (nSPS) is 15.2. The zero-order valence-corrected chi connectivity index (χ0v) is 21.2. The van der Waals surface area contributed by atoms with Gasteiger partial charge in [0.25, 0.3) is 0 Å². The Balaban J connectivity index is 1.99. The lowest BCUT2D eigenvalue weighted by Gasteiger charge is -2.29. The second-order valence-electron chi connectivity index (χ2n) is 8.56. The number of aliphatic imine (C=N–C) groups is 1. The molecule has 0 radical (unpaired) electrons. The van der Waals surface area contributed by atoms with Crippen molar-refractivity contribution in [3.05, 3.63) is 68.3 Å². The van der Waals surface area contributed by atoms with Crippen LogP contribution in [0.3, 0.4) is 0 Å². The maximum absolute atomic E-state index is 14.4. The first-order valence-corrected chi connectivity index (χ1v) is 11.8. The van der Waals surface area contributed by atoms with Crippen LogP contribution in [-0.2, 0) is 0 Å². The molecule has 1 aliphatic rings. The first-order chi connectivity index (χ1) is 15.7. The lowest BCUT2D eigenvalue weighted by atomic mass is 9.98. The number of benzene rings is 2. The minimum Gasteiger partial charge on any atom is -0.496 e. The van der Waals surface area contributed by atoms with Gasteiger partial charge in [-0.3, -0.25) is 0 Å². The molecule has 6 heteroatoms. The van der Waals surface area contributed by atoms with Gasteiger partial charge >= 0.3 is 0 Å². The first kappa shape index (κ1) is 25.2. The van der Waals surface area contributed by atoms with Crippen molar-refractivity contribution in [2.24, 2.45) is 10.9 Å². The molecule has 0 heterocycles. The highest BCUT2D eigenvalue weighted by atomic mass is 35.5. The summed E-state index contributed by atoms with van der Waals surface area (Å²) in [5.41, 5.74) is 3.89. The Morgan fingerprint density at radius 1 is 1.33 bits per heavy atom. The molecule has 1 saturated carbocycles. The van der Waals surface area contributed by atoms with Crippen LogP contribution in [0.1, 0.15) is 54.5 Å². The van der Waals surface area contributed by atoms with Crippen molar-refractivity contribution in [3.63, 3.8) is 0 Å². The largest absolute Gasteiger partial charge is 0.496 e. The molecule has 0 bridgehead atoms. The number of allylic oxidation sites excluding steroid dienone is 1. The molecule has 0 aromatic heterocycles. The van der Waals surface area contributed by atoms with Crippen LogP contribution in [0.5, 0.6) is 5.75 Å². The number of halogens is 2. The van der Waals surface area contributed by atoms with E-state index in [0.717, 1.165) is 28.0 Å². The van der Waals surface area contributed by atoms with E-state index in [4.69, 9.17) is 27.8 Å². The molecule has 1 fully saturated rings. The second kappa shape index (κ2) is 11.1. The van der Waals surface area contributed by atoms with E-state index in [1.54, 1.807) is 32.5 Å². The molecule has 0 spiro atoms. The maximum atomic E-state index is 14.4. The number of nitrogens with zero attached hydrogens (tertiary/aromatic N) is 2. The summed E-state index contributed by atoms with van der Waals surface area (Å²) in [6, 6.07) is 9.07. The van der Waals surface area contributed by atoms with E-state index in [1.807, 2.05) is 36.9 Å².